The predicted octanol–water partition coefficient (Wildman–Crippen LogP) is 2.52. The molecule has 1 aromatic rings. The van der Waals surface area contributed by atoms with E-state index in [0.717, 1.165) is 36.8 Å². The minimum Gasteiger partial charge on any atom is -0.548 e. The quantitative estimate of drug-likeness (QED) is 0.769. The maximum Gasteiger partial charge on any atom is 0.410 e. The van der Waals surface area contributed by atoms with Crippen LogP contribution in [-0.4, -0.2) is 29.6 Å². The summed E-state index contributed by atoms with van der Waals surface area (Å²) in [6.07, 6.45) is 3.89. The van der Waals surface area contributed by atoms with Crippen molar-refractivity contribution in [1.82, 2.24) is 4.90 Å². The van der Waals surface area contributed by atoms with Crippen molar-refractivity contribution in [1.29, 1.82) is 0 Å². The molecule has 5 nitrogen and oxygen atoms in total. The van der Waals surface area contributed by atoms with Crippen molar-refractivity contribution in [3.63, 3.8) is 0 Å². The highest BCUT2D eigenvalue weighted by atomic mass is 16.6. The fraction of sp³-hybridized carbons (Fsp3) is 0.579. The number of carbonyl (C=O) groups is 2. The SMILES string of the molecule is CCCCC(CC)COC(=O)N1Cc2ccccc2CC1C(=O)[O-]. The van der Waals surface area contributed by atoms with Crippen molar-refractivity contribution >= 4 is 12.1 Å². The Bertz CT molecular complexity index is 572. The molecule has 0 saturated carbocycles. The van der Waals surface area contributed by atoms with Gasteiger partial charge in [-0.25, -0.2) is 4.79 Å². The van der Waals surface area contributed by atoms with Gasteiger partial charge in [-0.1, -0.05) is 57.4 Å². The zero-order valence-electron chi connectivity index (χ0n) is 14.5. The molecule has 0 saturated heterocycles. The van der Waals surface area contributed by atoms with Crippen LogP contribution in [0.15, 0.2) is 24.3 Å². The van der Waals surface area contributed by atoms with Crippen molar-refractivity contribution in [2.75, 3.05) is 6.61 Å². The number of rotatable bonds is 7. The van der Waals surface area contributed by atoms with E-state index in [0.29, 0.717) is 12.5 Å². The monoisotopic (exact) mass is 332 g/mol. The Morgan fingerprint density at radius 2 is 2.00 bits per heavy atom. The average molecular weight is 332 g/mol. The second kappa shape index (κ2) is 8.71. The number of nitrogens with zero attached hydrogens (tertiary/aromatic N) is 1. The van der Waals surface area contributed by atoms with E-state index < -0.39 is 18.1 Å². The molecule has 24 heavy (non-hydrogen) atoms. The average Bonchev–Trinajstić information content (AvgIpc) is 2.60. The van der Waals surface area contributed by atoms with Crippen LogP contribution in [0.3, 0.4) is 0 Å². The Kier molecular flexibility index (Phi) is 6.64. The van der Waals surface area contributed by atoms with Crippen molar-refractivity contribution in [2.45, 2.75) is 58.5 Å². The maximum absolute atomic E-state index is 12.4. The molecule has 0 bridgehead atoms. The molecule has 2 atom stereocenters. The van der Waals surface area contributed by atoms with E-state index in [2.05, 4.69) is 13.8 Å². The smallest absolute Gasteiger partial charge is 0.410 e. The number of hydrogen-bond donors (Lipinski definition) is 0. The van der Waals surface area contributed by atoms with Crippen LogP contribution in [0.25, 0.3) is 0 Å². The molecule has 2 rings (SSSR count). The first kappa shape index (κ1) is 18.3. The molecule has 0 N–H and O–H groups in total. The molecule has 0 spiro atoms. The first-order valence-corrected chi connectivity index (χ1v) is 8.77. The number of carbonyl (C=O) groups excluding carboxylic acids is 2. The van der Waals surface area contributed by atoms with Gasteiger partial charge in [-0.2, -0.15) is 0 Å². The maximum atomic E-state index is 12.4. The van der Waals surface area contributed by atoms with Crippen LogP contribution in [0.4, 0.5) is 4.79 Å². The van der Waals surface area contributed by atoms with Crippen molar-refractivity contribution in [3.8, 4) is 0 Å². The molecule has 5 heteroatoms. The summed E-state index contributed by atoms with van der Waals surface area (Å²) in [6, 6.07) is 6.60. The molecule has 1 aromatic carbocycles. The van der Waals surface area contributed by atoms with E-state index in [1.165, 1.54) is 4.90 Å². The van der Waals surface area contributed by atoms with Crippen molar-refractivity contribution < 1.29 is 19.4 Å². The zero-order chi connectivity index (χ0) is 17.5. The lowest BCUT2D eigenvalue weighted by Gasteiger charge is -2.36. The number of ether oxygens (including phenoxy) is 1. The molecule has 2 unspecified atom stereocenters. The van der Waals surface area contributed by atoms with Crippen LogP contribution in [0.2, 0.25) is 0 Å². The molecule has 0 fully saturated rings. The molecule has 0 radical (unpaired) electrons. The number of benzene rings is 1. The summed E-state index contributed by atoms with van der Waals surface area (Å²) in [5, 5.41) is 11.5. The molecule has 132 valence electrons. The molecule has 1 aliphatic heterocycles. The summed E-state index contributed by atoms with van der Waals surface area (Å²) in [4.78, 5) is 25.2. The molecule has 0 aromatic heterocycles. The topological polar surface area (TPSA) is 69.7 Å². The Morgan fingerprint density at radius 3 is 2.62 bits per heavy atom. The zero-order valence-corrected chi connectivity index (χ0v) is 14.5. The van der Waals surface area contributed by atoms with E-state index in [9.17, 15) is 14.7 Å². The van der Waals surface area contributed by atoms with E-state index >= 15 is 0 Å². The van der Waals surface area contributed by atoms with Crippen LogP contribution in [0, 0.1) is 5.92 Å². The van der Waals surface area contributed by atoms with Gasteiger partial charge in [-0.3, -0.25) is 4.90 Å². The number of amides is 1. The van der Waals surface area contributed by atoms with Crippen molar-refractivity contribution in [2.24, 2.45) is 5.92 Å². The van der Waals surface area contributed by atoms with Gasteiger partial charge in [0.1, 0.15) is 0 Å². The Morgan fingerprint density at radius 1 is 1.29 bits per heavy atom. The van der Waals surface area contributed by atoms with E-state index in [1.54, 1.807) is 0 Å². The van der Waals surface area contributed by atoms with Gasteiger partial charge in [0, 0.05) is 6.54 Å². The largest absolute Gasteiger partial charge is 0.548 e. The molecular formula is C19H26NO4-. The fourth-order valence-corrected chi connectivity index (χ4v) is 3.10. The van der Waals surface area contributed by atoms with Gasteiger partial charge in [0.15, 0.2) is 0 Å². The normalized spacial score (nSPS) is 17.9. The highest BCUT2D eigenvalue weighted by molar-refractivity contribution is 5.79. The van der Waals surface area contributed by atoms with Gasteiger partial charge in [0.05, 0.1) is 18.6 Å². The van der Waals surface area contributed by atoms with Crippen LogP contribution in [-0.2, 0) is 22.5 Å². The third-order valence-electron chi connectivity index (χ3n) is 4.74. The van der Waals surface area contributed by atoms with Gasteiger partial charge >= 0.3 is 6.09 Å². The summed E-state index contributed by atoms with van der Waals surface area (Å²) in [7, 11) is 0. The molecule has 0 aliphatic carbocycles. The van der Waals surface area contributed by atoms with E-state index in [4.69, 9.17) is 4.74 Å². The molecule has 1 heterocycles. The second-order valence-corrected chi connectivity index (χ2v) is 6.43. The molecular weight excluding hydrogens is 306 g/mol. The second-order valence-electron chi connectivity index (χ2n) is 6.43. The number of unbranched alkanes of at least 4 members (excludes halogenated alkanes) is 1. The van der Waals surface area contributed by atoms with Gasteiger partial charge in [0.25, 0.3) is 0 Å². The summed E-state index contributed by atoms with van der Waals surface area (Å²) in [5.41, 5.74) is 1.91. The summed E-state index contributed by atoms with van der Waals surface area (Å²) in [6.45, 7) is 4.80. The first-order valence-electron chi connectivity index (χ1n) is 8.77. The van der Waals surface area contributed by atoms with Gasteiger partial charge in [0.2, 0.25) is 0 Å². The minimum absolute atomic E-state index is 0.249. The van der Waals surface area contributed by atoms with E-state index in [-0.39, 0.29) is 13.0 Å². The summed E-state index contributed by atoms with van der Waals surface area (Å²) < 4.78 is 5.42. The first-order chi connectivity index (χ1) is 11.6. The Balaban J connectivity index is 2.02. The highest BCUT2D eigenvalue weighted by Gasteiger charge is 2.31. The lowest BCUT2D eigenvalue weighted by Crippen LogP contribution is -2.53. The number of aliphatic carboxylic acids is 1. The summed E-state index contributed by atoms with van der Waals surface area (Å²) >= 11 is 0. The van der Waals surface area contributed by atoms with Crippen LogP contribution < -0.4 is 5.11 Å². The molecule has 1 amide bonds. The van der Waals surface area contributed by atoms with Crippen LogP contribution >= 0.6 is 0 Å². The highest BCUT2D eigenvalue weighted by Crippen LogP contribution is 2.24. The standard InChI is InChI=1S/C19H27NO4/c1-3-5-8-14(4-2)13-24-19(23)20-12-16-10-7-6-9-15(16)11-17(20)18(21)22/h6-7,9-10,14,17H,3-5,8,11-13H2,1-2H3,(H,21,22)/p-1. The molecule has 1 aliphatic rings. The number of carboxylic acids is 1. The van der Waals surface area contributed by atoms with Gasteiger partial charge < -0.3 is 14.6 Å². The van der Waals surface area contributed by atoms with Crippen LogP contribution in [0.1, 0.15) is 50.7 Å². The summed E-state index contributed by atoms with van der Waals surface area (Å²) in [5.74, 6) is -0.910. The Hall–Kier alpha value is -2.04. The lowest BCUT2D eigenvalue weighted by molar-refractivity contribution is -0.311. The van der Waals surface area contributed by atoms with Crippen LogP contribution in [0.5, 0.6) is 0 Å². The number of fused-ring (bicyclic) bond motifs is 1. The Labute approximate surface area is 143 Å². The fourth-order valence-electron chi connectivity index (χ4n) is 3.10. The van der Waals surface area contributed by atoms with Gasteiger partial charge in [-0.15, -0.1) is 0 Å². The predicted molar refractivity (Wildman–Crippen MR) is 89.1 cm³/mol. The van der Waals surface area contributed by atoms with E-state index in [1.807, 2.05) is 24.3 Å². The minimum atomic E-state index is -1.24. The van der Waals surface area contributed by atoms with Crippen molar-refractivity contribution in [3.05, 3.63) is 35.4 Å². The number of hydrogen-bond acceptors (Lipinski definition) is 4. The number of carboxylic acid groups (broad SMARTS) is 1. The third kappa shape index (κ3) is 4.49. The lowest BCUT2D eigenvalue weighted by atomic mass is 9.94. The third-order valence-corrected chi connectivity index (χ3v) is 4.74. The van der Waals surface area contributed by atoms with Gasteiger partial charge in [-0.05, 0) is 29.9 Å².